The van der Waals surface area contributed by atoms with E-state index in [9.17, 15) is 4.79 Å². The largest absolute Gasteiger partial charge is 0.481 e. The number of hydrogen-bond acceptors (Lipinski definition) is 5. The van der Waals surface area contributed by atoms with Gasteiger partial charge in [0.2, 0.25) is 5.88 Å². The number of methoxy groups -OCH3 is 1. The molecule has 0 aliphatic heterocycles. The number of carboxylic acids is 1. The summed E-state index contributed by atoms with van der Waals surface area (Å²) in [5, 5.41) is 12.1. The highest BCUT2D eigenvalue weighted by Gasteiger charge is 2.24. The summed E-state index contributed by atoms with van der Waals surface area (Å²) < 4.78 is 5.05. The second-order valence-electron chi connectivity index (χ2n) is 6.16. The molecule has 21 heavy (non-hydrogen) atoms. The number of nitrogens with one attached hydrogen (secondary N) is 1. The lowest BCUT2D eigenvalue weighted by molar-refractivity contribution is -0.137. The first-order chi connectivity index (χ1) is 9.82. The number of hydrogen-bond donors (Lipinski definition) is 2. The number of ether oxygens (including phenoxy) is 1. The molecule has 0 saturated carbocycles. The molecule has 6 heteroatoms. The number of carbonyl (C=O) groups is 1. The maximum atomic E-state index is 10.8. The third kappa shape index (κ3) is 6.42. The van der Waals surface area contributed by atoms with Gasteiger partial charge < -0.3 is 15.2 Å². The molecule has 2 N–H and O–H groups in total. The van der Waals surface area contributed by atoms with Crippen LogP contribution in [0, 0.1) is 11.3 Å². The van der Waals surface area contributed by atoms with E-state index in [1.807, 2.05) is 0 Å². The molecule has 1 atom stereocenters. The predicted octanol–water partition coefficient (Wildman–Crippen LogP) is 2.81. The summed E-state index contributed by atoms with van der Waals surface area (Å²) in [6.07, 6.45) is 3.24. The molecule has 6 nitrogen and oxygen atoms in total. The molecule has 0 fully saturated rings. The number of carboxylic acid groups (broad SMARTS) is 1. The SMILES string of the molecule is COc1cc(NCCC(CCC(=O)O)C(C)(C)C)ncn1. The van der Waals surface area contributed by atoms with Crippen LogP contribution in [0.5, 0.6) is 5.88 Å². The molecule has 0 aromatic carbocycles. The predicted molar refractivity (Wildman–Crippen MR) is 81.5 cm³/mol. The van der Waals surface area contributed by atoms with Crippen LogP contribution in [0.2, 0.25) is 0 Å². The van der Waals surface area contributed by atoms with Crippen molar-refractivity contribution in [1.82, 2.24) is 9.97 Å². The van der Waals surface area contributed by atoms with E-state index in [1.54, 1.807) is 13.2 Å². The van der Waals surface area contributed by atoms with Crippen LogP contribution in [0.4, 0.5) is 5.82 Å². The summed E-state index contributed by atoms with van der Waals surface area (Å²) in [6, 6.07) is 1.74. The Kier molecular flexibility index (Phi) is 6.39. The van der Waals surface area contributed by atoms with Gasteiger partial charge in [-0.05, 0) is 24.2 Å². The first-order valence-corrected chi connectivity index (χ1v) is 7.14. The van der Waals surface area contributed by atoms with Gasteiger partial charge >= 0.3 is 5.97 Å². The van der Waals surface area contributed by atoms with Crippen molar-refractivity contribution in [2.24, 2.45) is 11.3 Å². The molecular formula is C15H25N3O3. The quantitative estimate of drug-likeness (QED) is 0.767. The molecule has 0 aliphatic rings. The standard InChI is InChI=1S/C15H25N3O3/c1-15(2,3)11(5-6-14(19)20)7-8-16-12-9-13(21-4)18-10-17-12/h9-11H,5-8H2,1-4H3,(H,19,20)(H,16,17,18). The van der Waals surface area contributed by atoms with Gasteiger partial charge in [-0.2, -0.15) is 0 Å². The molecule has 1 rings (SSSR count). The lowest BCUT2D eigenvalue weighted by Gasteiger charge is -2.30. The average Bonchev–Trinajstić information content (AvgIpc) is 2.41. The highest BCUT2D eigenvalue weighted by atomic mass is 16.5. The number of aromatic nitrogens is 2. The van der Waals surface area contributed by atoms with E-state index >= 15 is 0 Å². The molecule has 0 saturated heterocycles. The number of anilines is 1. The van der Waals surface area contributed by atoms with E-state index in [1.165, 1.54) is 6.33 Å². The van der Waals surface area contributed by atoms with Gasteiger partial charge in [-0.3, -0.25) is 4.79 Å². The van der Waals surface area contributed by atoms with Crippen LogP contribution in [0.1, 0.15) is 40.0 Å². The zero-order valence-corrected chi connectivity index (χ0v) is 13.2. The molecule has 0 bridgehead atoms. The fourth-order valence-electron chi connectivity index (χ4n) is 2.23. The van der Waals surface area contributed by atoms with Crippen molar-refractivity contribution in [2.75, 3.05) is 19.0 Å². The first-order valence-electron chi connectivity index (χ1n) is 7.14. The van der Waals surface area contributed by atoms with Gasteiger partial charge in [-0.15, -0.1) is 0 Å². The monoisotopic (exact) mass is 295 g/mol. The zero-order valence-electron chi connectivity index (χ0n) is 13.2. The van der Waals surface area contributed by atoms with Crippen molar-refractivity contribution in [3.8, 4) is 5.88 Å². The Morgan fingerprint density at radius 1 is 1.38 bits per heavy atom. The van der Waals surface area contributed by atoms with E-state index in [-0.39, 0.29) is 11.8 Å². The molecule has 1 aromatic heterocycles. The molecule has 0 spiro atoms. The van der Waals surface area contributed by atoms with E-state index in [4.69, 9.17) is 9.84 Å². The van der Waals surface area contributed by atoms with Gasteiger partial charge in [0.05, 0.1) is 7.11 Å². The number of nitrogens with zero attached hydrogens (tertiary/aromatic N) is 2. The van der Waals surface area contributed by atoms with Crippen LogP contribution in [-0.4, -0.2) is 34.7 Å². The highest BCUT2D eigenvalue weighted by molar-refractivity contribution is 5.66. The van der Waals surface area contributed by atoms with E-state index < -0.39 is 5.97 Å². The molecule has 1 aromatic rings. The average molecular weight is 295 g/mol. The molecule has 118 valence electrons. The second-order valence-corrected chi connectivity index (χ2v) is 6.16. The maximum Gasteiger partial charge on any atom is 0.303 e. The lowest BCUT2D eigenvalue weighted by Crippen LogP contribution is -2.24. The van der Waals surface area contributed by atoms with Gasteiger partial charge in [-0.1, -0.05) is 20.8 Å². The van der Waals surface area contributed by atoms with Crippen molar-refractivity contribution < 1.29 is 14.6 Å². The van der Waals surface area contributed by atoms with Gasteiger partial charge in [-0.25, -0.2) is 9.97 Å². The summed E-state index contributed by atoms with van der Waals surface area (Å²) in [4.78, 5) is 18.8. The third-order valence-corrected chi connectivity index (χ3v) is 3.58. The van der Waals surface area contributed by atoms with Gasteiger partial charge in [0, 0.05) is 19.0 Å². The van der Waals surface area contributed by atoms with Crippen LogP contribution in [-0.2, 0) is 4.79 Å². The summed E-state index contributed by atoms with van der Waals surface area (Å²) in [6.45, 7) is 7.18. The first kappa shape index (κ1) is 17.2. The zero-order chi connectivity index (χ0) is 15.9. The smallest absolute Gasteiger partial charge is 0.303 e. The summed E-state index contributed by atoms with van der Waals surface area (Å²) in [5.74, 6) is 0.834. The Bertz CT molecular complexity index is 458. The van der Waals surface area contributed by atoms with Crippen LogP contribution in [0.3, 0.4) is 0 Å². The third-order valence-electron chi connectivity index (χ3n) is 3.58. The second kappa shape index (κ2) is 7.81. The van der Waals surface area contributed by atoms with E-state index in [0.29, 0.717) is 24.0 Å². The Balaban J connectivity index is 2.50. The van der Waals surface area contributed by atoms with Crippen molar-refractivity contribution >= 4 is 11.8 Å². The van der Waals surface area contributed by atoms with Crippen molar-refractivity contribution in [2.45, 2.75) is 40.0 Å². The fraction of sp³-hybridized carbons (Fsp3) is 0.667. The van der Waals surface area contributed by atoms with Crippen molar-refractivity contribution in [3.05, 3.63) is 12.4 Å². The van der Waals surface area contributed by atoms with Crippen LogP contribution >= 0.6 is 0 Å². The Morgan fingerprint density at radius 2 is 2.10 bits per heavy atom. The Hall–Kier alpha value is -1.85. The van der Waals surface area contributed by atoms with Gasteiger partial charge in [0.25, 0.3) is 0 Å². The molecule has 0 radical (unpaired) electrons. The fourth-order valence-corrected chi connectivity index (χ4v) is 2.23. The summed E-state index contributed by atoms with van der Waals surface area (Å²) in [5.41, 5.74) is 0.0838. The molecule has 0 aliphatic carbocycles. The molecule has 1 heterocycles. The number of aliphatic carboxylic acids is 1. The summed E-state index contributed by atoms with van der Waals surface area (Å²) in [7, 11) is 1.56. The van der Waals surface area contributed by atoms with Crippen LogP contribution in [0.15, 0.2) is 12.4 Å². The Labute approximate surface area is 126 Å². The maximum absolute atomic E-state index is 10.8. The minimum atomic E-state index is -0.738. The van der Waals surface area contributed by atoms with Crippen LogP contribution in [0.25, 0.3) is 0 Å². The molecule has 0 amide bonds. The van der Waals surface area contributed by atoms with Crippen LogP contribution < -0.4 is 10.1 Å². The summed E-state index contributed by atoms with van der Waals surface area (Å²) >= 11 is 0. The minimum Gasteiger partial charge on any atom is -0.481 e. The number of rotatable bonds is 8. The Morgan fingerprint density at radius 3 is 2.67 bits per heavy atom. The van der Waals surface area contributed by atoms with Crippen molar-refractivity contribution in [1.29, 1.82) is 0 Å². The topological polar surface area (TPSA) is 84.3 Å². The normalized spacial score (nSPS) is 12.8. The lowest BCUT2D eigenvalue weighted by atomic mass is 9.76. The van der Waals surface area contributed by atoms with E-state index in [2.05, 4.69) is 36.1 Å². The molecule has 1 unspecified atom stereocenters. The van der Waals surface area contributed by atoms with E-state index in [0.717, 1.165) is 13.0 Å². The van der Waals surface area contributed by atoms with Gasteiger partial charge in [0.15, 0.2) is 0 Å². The van der Waals surface area contributed by atoms with Crippen molar-refractivity contribution in [3.63, 3.8) is 0 Å². The molecular weight excluding hydrogens is 270 g/mol. The highest BCUT2D eigenvalue weighted by Crippen LogP contribution is 2.32. The minimum absolute atomic E-state index is 0.0838. The van der Waals surface area contributed by atoms with Gasteiger partial charge in [0.1, 0.15) is 12.1 Å².